The van der Waals surface area contributed by atoms with Crippen molar-refractivity contribution >= 4 is 35.0 Å². The molecule has 11 heteroatoms. The van der Waals surface area contributed by atoms with Crippen LogP contribution < -0.4 is 24.8 Å². The SMILES string of the molecule is COc1ccc(OC(C)c2nnc(SCC(=O)Nc3ccc(OC)c(NC(C)=O)c3)n2C)cc1. The van der Waals surface area contributed by atoms with Crippen LogP contribution in [0.2, 0.25) is 0 Å². The summed E-state index contributed by atoms with van der Waals surface area (Å²) >= 11 is 1.26. The van der Waals surface area contributed by atoms with E-state index in [1.165, 1.54) is 25.8 Å². The van der Waals surface area contributed by atoms with Crippen molar-refractivity contribution < 1.29 is 23.8 Å². The number of ether oxygens (including phenoxy) is 3. The van der Waals surface area contributed by atoms with Crippen molar-refractivity contribution in [1.29, 1.82) is 0 Å². The molecule has 1 atom stereocenters. The Morgan fingerprint density at radius 2 is 1.74 bits per heavy atom. The van der Waals surface area contributed by atoms with E-state index in [1.807, 2.05) is 38.2 Å². The summed E-state index contributed by atoms with van der Waals surface area (Å²) in [5.41, 5.74) is 1.01. The van der Waals surface area contributed by atoms with Crippen LogP contribution in [0, 0.1) is 0 Å². The number of thioether (sulfide) groups is 1. The molecule has 2 aromatic carbocycles. The molecule has 0 bridgehead atoms. The molecule has 1 unspecified atom stereocenters. The fourth-order valence-corrected chi connectivity index (χ4v) is 3.84. The minimum absolute atomic E-state index is 0.126. The summed E-state index contributed by atoms with van der Waals surface area (Å²) in [6.07, 6.45) is -0.347. The highest BCUT2D eigenvalue weighted by molar-refractivity contribution is 7.99. The molecule has 0 spiro atoms. The van der Waals surface area contributed by atoms with Gasteiger partial charge in [-0.15, -0.1) is 10.2 Å². The largest absolute Gasteiger partial charge is 0.497 e. The lowest BCUT2D eigenvalue weighted by Gasteiger charge is -2.14. The second kappa shape index (κ2) is 11.4. The number of nitrogens with one attached hydrogen (secondary N) is 2. The molecule has 0 saturated carbocycles. The van der Waals surface area contributed by atoms with Crippen LogP contribution in [0.3, 0.4) is 0 Å². The van der Waals surface area contributed by atoms with E-state index in [-0.39, 0.29) is 23.7 Å². The van der Waals surface area contributed by atoms with Gasteiger partial charge in [0.2, 0.25) is 11.8 Å². The van der Waals surface area contributed by atoms with Gasteiger partial charge in [0.25, 0.3) is 0 Å². The number of aromatic nitrogens is 3. The molecule has 180 valence electrons. The van der Waals surface area contributed by atoms with Gasteiger partial charge in [-0.25, -0.2) is 0 Å². The number of methoxy groups -OCH3 is 2. The van der Waals surface area contributed by atoms with Crippen LogP contribution in [-0.4, -0.2) is 46.6 Å². The van der Waals surface area contributed by atoms with Crippen LogP contribution in [-0.2, 0) is 16.6 Å². The third-order valence-electron chi connectivity index (χ3n) is 4.73. The molecular weight excluding hydrogens is 458 g/mol. The zero-order valence-electron chi connectivity index (χ0n) is 19.6. The van der Waals surface area contributed by atoms with Gasteiger partial charge in [0.1, 0.15) is 17.2 Å². The smallest absolute Gasteiger partial charge is 0.234 e. The Balaban J connectivity index is 1.58. The van der Waals surface area contributed by atoms with E-state index in [2.05, 4.69) is 20.8 Å². The standard InChI is InChI=1S/C23H27N5O5S/c1-14(33-18-9-7-17(31-4)8-10-18)22-26-27-23(28(22)3)34-13-21(30)25-16-6-11-20(32-5)19(12-16)24-15(2)29/h6-12,14H,13H2,1-5H3,(H,24,29)(H,25,30). The number of carbonyl (C=O) groups is 2. The van der Waals surface area contributed by atoms with Crippen molar-refractivity contribution in [3.8, 4) is 17.2 Å². The van der Waals surface area contributed by atoms with Gasteiger partial charge in [0, 0.05) is 19.7 Å². The summed E-state index contributed by atoms with van der Waals surface area (Å²) < 4.78 is 18.1. The van der Waals surface area contributed by atoms with E-state index in [0.717, 1.165) is 5.75 Å². The van der Waals surface area contributed by atoms with Crippen molar-refractivity contribution in [2.75, 3.05) is 30.6 Å². The van der Waals surface area contributed by atoms with Gasteiger partial charge in [-0.2, -0.15) is 0 Å². The Kier molecular flexibility index (Phi) is 8.36. The lowest BCUT2D eigenvalue weighted by Crippen LogP contribution is -2.15. The fraction of sp³-hybridized carbons (Fsp3) is 0.304. The van der Waals surface area contributed by atoms with Gasteiger partial charge >= 0.3 is 0 Å². The Morgan fingerprint density at radius 1 is 1.03 bits per heavy atom. The molecule has 10 nitrogen and oxygen atoms in total. The minimum Gasteiger partial charge on any atom is -0.497 e. The Morgan fingerprint density at radius 3 is 2.38 bits per heavy atom. The minimum atomic E-state index is -0.347. The van der Waals surface area contributed by atoms with Gasteiger partial charge in [0.15, 0.2) is 17.1 Å². The van der Waals surface area contributed by atoms with Crippen molar-refractivity contribution in [3.63, 3.8) is 0 Å². The van der Waals surface area contributed by atoms with E-state index >= 15 is 0 Å². The van der Waals surface area contributed by atoms with Crippen LogP contribution in [0.1, 0.15) is 25.8 Å². The van der Waals surface area contributed by atoms with E-state index in [0.29, 0.717) is 33.9 Å². The molecule has 0 aliphatic rings. The second-order valence-corrected chi connectivity index (χ2v) is 8.21. The zero-order valence-corrected chi connectivity index (χ0v) is 20.4. The van der Waals surface area contributed by atoms with Crippen molar-refractivity contribution in [1.82, 2.24) is 14.8 Å². The van der Waals surface area contributed by atoms with Gasteiger partial charge in [0.05, 0.1) is 25.7 Å². The van der Waals surface area contributed by atoms with Crippen LogP contribution in [0.4, 0.5) is 11.4 Å². The molecule has 1 heterocycles. The Hall–Kier alpha value is -3.73. The maximum absolute atomic E-state index is 12.5. The van der Waals surface area contributed by atoms with E-state index in [9.17, 15) is 9.59 Å². The third-order valence-corrected chi connectivity index (χ3v) is 5.75. The van der Waals surface area contributed by atoms with E-state index in [1.54, 1.807) is 29.9 Å². The first-order valence-corrected chi connectivity index (χ1v) is 11.4. The van der Waals surface area contributed by atoms with Crippen molar-refractivity contribution in [2.45, 2.75) is 25.1 Å². The summed E-state index contributed by atoms with van der Waals surface area (Å²) in [5, 5.41) is 14.5. The molecule has 0 radical (unpaired) electrons. The number of rotatable bonds is 10. The molecular formula is C23H27N5O5S. The number of benzene rings is 2. The predicted molar refractivity (Wildman–Crippen MR) is 130 cm³/mol. The number of carbonyl (C=O) groups excluding carboxylic acids is 2. The first-order valence-electron chi connectivity index (χ1n) is 10.4. The van der Waals surface area contributed by atoms with Crippen LogP contribution in [0.5, 0.6) is 17.2 Å². The summed E-state index contributed by atoms with van der Waals surface area (Å²) in [7, 11) is 4.94. The monoisotopic (exact) mass is 485 g/mol. The van der Waals surface area contributed by atoms with Crippen molar-refractivity contribution in [2.24, 2.45) is 7.05 Å². The highest BCUT2D eigenvalue weighted by Gasteiger charge is 2.18. The quantitative estimate of drug-likeness (QED) is 0.418. The third kappa shape index (κ3) is 6.41. The molecule has 0 saturated heterocycles. The van der Waals surface area contributed by atoms with E-state index in [4.69, 9.17) is 14.2 Å². The summed E-state index contributed by atoms with van der Waals surface area (Å²) in [6.45, 7) is 3.28. The van der Waals surface area contributed by atoms with E-state index < -0.39 is 0 Å². The average Bonchev–Trinajstić information content (AvgIpc) is 3.18. The lowest BCUT2D eigenvalue weighted by molar-refractivity contribution is -0.114. The highest BCUT2D eigenvalue weighted by atomic mass is 32.2. The predicted octanol–water partition coefficient (Wildman–Crippen LogP) is 3.66. The molecule has 1 aromatic heterocycles. The van der Waals surface area contributed by atoms with Crippen LogP contribution >= 0.6 is 11.8 Å². The van der Waals surface area contributed by atoms with Gasteiger partial charge in [-0.1, -0.05) is 11.8 Å². The Bertz CT molecular complexity index is 1150. The van der Waals surface area contributed by atoms with Gasteiger partial charge in [-0.05, 0) is 49.4 Å². The van der Waals surface area contributed by atoms with Crippen LogP contribution in [0.25, 0.3) is 0 Å². The Labute approximate surface area is 202 Å². The molecule has 0 fully saturated rings. The first kappa shape index (κ1) is 24.9. The zero-order chi connectivity index (χ0) is 24.7. The molecule has 34 heavy (non-hydrogen) atoms. The molecule has 0 aliphatic heterocycles. The maximum atomic E-state index is 12.5. The van der Waals surface area contributed by atoms with Gasteiger partial charge in [-0.3, -0.25) is 9.59 Å². The van der Waals surface area contributed by atoms with Gasteiger partial charge < -0.3 is 29.4 Å². The number of nitrogens with zero attached hydrogens (tertiary/aromatic N) is 3. The fourth-order valence-electron chi connectivity index (χ4n) is 3.12. The molecule has 2 amide bonds. The number of hydrogen-bond acceptors (Lipinski definition) is 8. The second-order valence-electron chi connectivity index (χ2n) is 7.27. The lowest BCUT2D eigenvalue weighted by atomic mass is 10.2. The van der Waals surface area contributed by atoms with Crippen LogP contribution in [0.15, 0.2) is 47.6 Å². The first-order chi connectivity index (χ1) is 16.3. The maximum Gasteiger partial charge on any atom is 0.234 e. The molecule has 2 N–H and O–H groups in total. The summed E-state index contributed by atoms with van der Waals surface area (Å²) in [6, 6.07) is 12.3. The van der Waals surface area contributed by atoms with Crippen molar-refractivity contribution in [3.05, 3.63) is 48.3 Å². The highest BCUT2D eigenvalue weighted by Crippen LogP contribution is 2.28. The number of anilines is 2. The molecule has 3 rings (SSSR count). The summed E-state index contributed by atoms with van der Waals surface area (Å²) in [4.78, 5) is 23.9. The topological polar surface area (TPSA) is 117 Å². The number of hydrogen-bond donors (Lipinski definition) is 2. The normalized spacial score (nSPS) is 11.4. The average molecular weight is 486 g/mol. The molecule has 3 aromatic rings. The number of amides is 2. The molecule has 0 aliphatic carbocycles. The summed E-state index contributed by atoms with van der Waals surface area (Å²) in [5.74, 6) is 2.23.